The Kier molecular flexibility index (Phi) is 8.49. The molecule has 0 aliphatic rings. The summed E-state index contributed by atoms with van der Waals surface area (Å²) < 4.78 is 7.36. The van der Waals surface area contributed by atoms with Gasteiger partial charge in [-0.05, 0) is 20.3 Å². The molecular formula is C17H29N7OS. The molecule has 0 aromatic carbocycles. The standard InChI is InChI=1S/C17H29N7OS/c1-5-25-11-6-8-19-17(20-13-15-22-21-14(2)24(15)4)23(3)10-7-16-18-9-12-26-16/h9,12H,5-8,10-11,13H2,1-4H3,(H,19,20). The van der Waals surface area contributed by atoms with E-state index in [1.165, 1.54) is 0 Å². The maximum Gasteiger partial charge on any atom is 0.194 e. The molecule has 0 bridgehead atoms. The number of aliphatic imine (C=N–C) groups is 1. The highest BCUT2D eigenvalue weighted by atomic mass is 32.1. The fourth-order valence-corrected chi connectivity index (χ4v) is 2.92. The predicted molar refractivity (Wildman–Crippen MR) is 104 cm³/mol. The number of hydrogen-bond acceptors (Lipinski definition) is 6. The summed E-state index contributed by atoms with van der Waals surface area (Å²) >= 11 is 1.68. The van der Waals surface area contributed by atoms with Crippen LogP contribution in [0.4, 0.5) is 0 Å². The number of aryl methyl sites for hydroxylation is 1. The molecule has 2 rings (SSSR count). The highest BCUT2D eigenvalue weighted by molar-refractivity contribution is 7.09. The lowest BCUT2D eigenvalue weighted by Crippen LogP contribution is -2.40. The molecule has 0 amide bonds. The van der Waals surface area contributed by atoms with Crippen molar-refractivity contribution in [3.63, 3.8) is 0 Å². The molecule has 0 fully saturated rings. The Hall–Kier alpha value is -2.00. The van der Waals surface area contributed by atoms with Crippen LogP contribution in [0, 0.1) is 6.92 Å². The van der Waals surface area contributed by atoms with Gasteiger partial charge in [-0.3, -0.25) is 0 Å². The first-order valence-electron chi connectivity index (χ1n) is 8.92. The third kappa shape index (κ3) is 6.38. The van der Waals surface area contributed by atoms with Crippen LogP contribution in [-0.4, -0.2) is 64.0 Å². The van der Waals surface area contributed by atoms with Crippen molar-refractivity contribution >= 4 is 17.3 Å². The molecule has 0 radical (unpaired) electrons. The molecule has 26 heavy (non-hydrogen) atoms. The minimum atomic E-state index is 0.493. The van der Waals surface area contributed by atoms with Gasteiger partial charge in [0.25, 0.3) is 0 Å². The number of hydrogen-bond donors (Lipinski definition) is 1. The second-order valence-electron chi connectivity index (χ2n) is 5.94. The summed E-state index contributed by atoms with van der Waals surface area (Å²) in [6, 6.07) is 0. The minimum absolute atomic E-state index is 0.493. The number of nitrogens with one attached hydrogen (secondary N) is 1. The molecule has 0 aliphatic carbocycles. The molecule has 2 aromatic heterocycles. The van der Waals surface area contributed by atoms with Crippen molar-refractivity contribution < 1.29 is 4.74 Å². The Morgan fingerprint density at radius 1 is 1.42 bits per heavy atom. The van der Waals surface area contributed by atoms with Crippen molar-refractivity contribution in [1.82, 2.24) is 30.0 Å². The second-order valence-corrected chi connectivity index (χ2v) is 6.92. The Bertz CT molecular complexity index is 669. The largest absolute Gasteiger partial charge is 0.382 e. The third-order valence-corrected chi connectivity index (χ3v) is 4.85. The maximum atomic E-state index is 5.40. The van der Waals surface area contributed by atoms with Gasteiger partial charge in [0.05, 0.1) is 5.01 Å². The van der Waals surface area contributed by atoms with E-state index in [2.05, 4.69) is 25.4 Å². The fraction of sp³-hybridized carbons (Fsp3) is 0.647. The van der Waals surface area contributed by atoms with Gasteiger partial charge in [0.15, 0.2) is 11.8 Å². The molecule has 2 aromatic rings. The van der Waals surface area contributed by atoms with Crippen LogP contribution in [0.25, 0.3) is 0 Å². The van der Waals surface area contributed by atoms with Crippen LogP contribution < -0.4 is 5.32 Å². The lowest BCUT2D eigenvalue weighted by atomic mass is 10.4. The number of rotatable bonds is 10. The summed E-state index contributed by atoms with van der Waals surface area (Å²) in [6.07, 6.45) is 3.69. The Labute approximate surface area is 159 Å². The van der Waals surface area contributed by atoms with E-state index in [9.17, 15) is 0 Å². The first kappa shape index (κ1) is 20.3. The van der Waals surface area contributed by atoms with Crippen LogP contribution in [0.15, 0.2) is 16.6 Å². The molecule has 0 aliphatic heterocycles. The zero-order chi connectivity index (χ0) is 18.8. The van der Waals surface area contributed by atoms with E-state index in [1.807, 2.05) is 44.1 Å². The summed E-state index contributed by atoms with van der Waals surface area (Å²) in [5.41, 5.74) is 0. The summed E-state index contributed by atoms with van der Waals surface area (Å²) in [5.74, 6) is 2.60. The van der Waals surface area contributed by atoms with E-state index in [4.69, 9.17) is 9.73 Å². The Balaban J connectivity index is 1.94. The molecule has 2 heterocycles. The normalized spacial score (nSPS) is 11.8. The van der Waals surface area contributed by atoms with E-state index in [0.29, 0.717) is 6.54 Å². The number of aromatic nitrogens is 4. The quantitative estimate of drug-likeness (QED) is 0.384. The smallest absolute Gasteiger partial charge is 0.194 e. The van der Waals surface area contributed by atoms with Crippen molar-refractivity contribution in [2.75, 3.05) is 33.4 Å². The zero-order valence-corrected chi connectivity index (χ0v) is 16.9. The van der Waals surface area contributed by atoms with Crippen LogP contribution in [0.2, 0.25) is 0 Å². The predicted octanol–water partition coefficient (Wildman–Crippen LogP) is 1.63. The number of likely N-dealkylation sites (N-methyl/N-ethyl adjacent to an activating group) is 1. The molecular weight excluding hydrogens is 350 g/mol. The summed E-state index contributed by atoms with van der Waals surface area (Å²) in [5, 5.41) is 14.8. The monoisotopic (exact) mass is 379 g/mol. The molecule has 9 heteroatoms. The molecule has 8 nitrogen and oxygen atoms in total. The fourth-order valence-electron chi connectivity index (χ4n) is 2.31. The minimum Gasteiger partial charge on any atom is -0.382 e. The Morgan fingerprint density at radius 3 is 2.92 bits per heavy atom. The molecule has 0 saturated heterocycles. The van der Waals surface area contributed by atoms with Crippen molar-refractivity contribution in [3.8, 4) is 0 Å². The zero-order valence-electron chi connectivity index (χ0n) is 16.1. The average molecular weight is 380 g/mol. The van der Waals surface area contributed by atoms with Crippen molar-refractivity contribution in [3.05, 3.63) is 28.2 Å². The molecule has 0 spiro atoms. The maximum absolute atomic E-state index is 5.40. The van der Waals surface area contributed by atoms with Gasteiger partial charge < -0.3 is 19.5 Å². The van der Waals surface area contributed by atoms with E-state index in [0.717, 1.165) is 61.8 Å². The van der Waals surface area contributed by atoms with Crippen molar-refractivity contribution in [2.45, 2.75) is 33.2 Å². The van der Waals surface area contributed by atoms with E-state index < -0.39 is 0 Å². The van der Waals surface area contributed by atoms with Crippen LogP contribution >= 0.6 is 11.3 Å². The van der Waals surface area contributed by atoms with Gasteiger partial charge in [0.2, 0.25) is 0 Å². The highest BCUT2D eigenvalue weighted by Gasteiger charge is 2.09. The summed E-state index contributed by atoms with van der Waals surface area (Å²) in [6.45, 7) is 7.61. The van der Waals surface area contributed by atoms with Crippen LogP contribution in [0.3, 0.4) is 0 Å². The molecule has 0 unspecified atom stereocenters. The lowest BCUT2D eigenvalue weighted by Gasteiger charge is -2.22. The van der Waals surface area contributed by atoms with Gasteiger partial charge in [-0.15, -0.1) is 21.5 Å². The van der Waals surface area contributed by atoms with Gasteiger partial charge >= 0.3 is 0 Å². The van der Waals surface area contributed by atoms with Gasteiger partial charge in [-0.2, -0.15) is 0 Å². The number of thiazole rings is 1. The summed E-state index contributed by atoms with van der Waals surface area (Å²) in [7, 11) is 4.01. The highest BCUT2D eigenvalue weighted by Crippen LogP contribution is 2.06. The SMILES string of the molecule is CCOCCCNC(=NCc1nnc(C)n1C)N(C)CCc1nccs1. The molecule has 0 atom stereocenters. The molecule has 1 N–H and O–H groups in total. The van der Waals surface area contributed by atoms with Crippen LogP contribution in [0.5, 0.6) is 0 Å². The second kappa shape index (κ2) is 10.9. The molecule has 144 valence electrons. The van der Waals surface area contributed by atoms with Gasteiger partial charge in [0, 0.05) is 58.4 Å². The van der Waals surface area contributed by atoms with Crippen molar-refractivity contribution in [2.24, 2.45) is 12.0 Å². The first-order valence-corrected chi connectivity index (χ1v) is 9.80. The lowest BCUT2D eigenvalue weighted by molar-refractivity contribution is 0.145. The topological polar surface area (TPSA) is 80.5 Å². The van der Waals surface area contributed by atoms with E-state index in [1.54, 1.807) is 11.3 Å². The number of nitrogens with zero attached hydrogens (tertiary/aromatic N) is 6. The number of ether oxygens (including phenoxy) is 1. The van der Waals surface area contributed by atoms with E-state index >= 15 is 0 Å². The molecule has 0 saturated carbocycles. The van der Waals surface area contributed by atoms with Crippen LogP contribution in [-0.2, 0) is 24.8 Å². The van der Waals surface area contributed by atoms with Gasteiger partial charge in [-0.1, -0.05) is 0 Å². The van der Waals surface area contributed by atoms with Gasteiger partial charge in [0.1, 0.15) is 12.4 Å². The van der Waals surface area contributed by atoms with Crippen LogP contribution in [0.1, 0.15) is 30.0 Å². The van der Waals surface area contributed by atoms with Crippen molar-refractivity contribution in [1.29, 1.82) is 0 Å². The summed E-state index contributed by atoms with van der Waals surface area (Å²) in [4.78, 5) is 11.2. The van der Waals surface area contributed by atoms with Gasteiger partial charge in [-0.25, -0.2) is 9.98 Å². The number of guanidine groups is 1. The van der Waals surface area contributed by atoms with E-state index in [-0.39, 0.29) is 0 Å². The first-order chi connectivity index (χ1) is 12.6. The average Bonchev–Trinajstić information content (AvgIpc) is 3.27. The Morgan fingerprint density at radius 2 is 2.27 bits per heavy atom. The third-order valence-electron chi connectivity index (χ3n) is 4.01.